The molecule has 0 aliphatic rings. The van der Waals surface area contributed by atoms with E-state index in [1.54, 1.807) is 0 Å². The van der Waals surface area contributed by atoms with Crippen molar-refractivity contribution in [3.8, 4) is 0 Å². The molecule has 2 N–H and O–H groups in total. The van der Waals surface area contributed by atoms with Gasteiger partial charge >= 0.3 is 11.9 Å². The topological polar surface area (TPSA) is 91.7 Å². The summed E-state index contributed by atoms with van der Waals surface area (Å²) >= 11 is 1.11. The maximum absolute atomic E-state index is 11.0. The molecule has 0 aliphatic carbocycles. The third kappa shape index (κ3) is 3.89. The molecule has 1 aromatic carbocycles. The van der Waals surface area contributed by atoms with Gasteiger partial charge in [-0.05, 0) is 24.1 Å². The van der Waals surface area contributed by atoms with Crippen LogP contribution in [0.25, 0.3) is 0 Å². The molecule has 1 rings (SSSR count). The van der Waals surface area contributed by atoms with E-state index in [0.717, 1.165) is 17.8 Å². The third-order valence-corrected chi connectivity index (χ3v) is 3.08. The van der Waals surface area contributed by atoms with Crippen LogP contribution < -0.4 is 0 Å². The van der Waals surface area contributed by atoms with Crippen molar-refractivity contribution in [2.45, 2.75) is 13.3 Å². The van der Waals surface area contributed by atoms with Crippen LogP contribution in [0.4, 0.5) is 0 Å². The Morgan fingerprint density at radius 3 is 2.33 bits per heavy atom. The second-order valence-electron chi connectivity index (χ2n) is 3.57. The highest BCUT2D eigenvalue weighted by Gasteiger charge is 2.13. The molecule has 0 aromatic heterocycles. The first-order valence-electron chi connectivity index (χ1n) is 5.14. The number of thioether (sulfide) groups is 1. The Labute approximate surface area is 108 Å². The number of aryl methyl sites for hydroxylation is 1. The average molecular weight is 268 g/mol. The minimum absolute atomic E-state index is 0.0287. The lowest BCUT2D eigenvalue weighted by molar-refractivity contribution is -0.109. The lowest BCUT2D eigenvalue weighted by atomic mass is 10.0. The zero-order chi connectivity index (χ0) is 13.7. The van der Waals surface area contributed by atoms with Crippen molar-refractivity contribution in [3.05, 3.63) is 34.9 Å². The molecule has 0 aliphatic heterocycles. The van der Waals surface area contributed by atoms with Crippen molar-refractivity contribution >= 4 is 28.8 Å². The monoisotopic (exact) mass is 268 g/mol. The van der Waals surface area contributed by atoms with Gasteiger partial charge in [0.1, 0.15) is 0 Å². The highest BCUT2D eigenvalue weighted by molar-refractivity contribution is 8.13. The summed E-state index contributed by atoms with van der Waals surface area (Å²) in [6, 6.07) is 3.98. The fourth-order valence-electron chi connectivity index (χ4n) is 1.43. The summed E-state index contributed by atoms with van der Waals surface area (Å²) in [5.74, 6) is -1.86. The van der Waals surface area contributed by atoms with Crippen LogP contribution in [0.15, 0.2) is 18.2 Å². The molecule has 0 saturated carbocycles. The van der Waals surface area contributed by atoms with Crippen molar-refractivity contribution in [1.82, 2.24) is 0 Å². The molecule has 96 valence electrons. The quantitative estimate of drug-likeness (QED) is 0.847. The lowest BCUT2D eigenvalue weighted by Gasteiger charge is -2.06. The van der Waals surface area contributed by atoms with Gasteiger partial charge in [0.2, 0.25) is 0 Å². The number of hydrogen-bond acceptors (Lipinski definition) is 4. The summed E-state index contributed by atoms with van der Waals surface area (Å²) in [6.45, 7) is 1.44. The molecule has 0 amide bonds. The highest BCUT2D eigenvalue weighted by atomic mass is 32.2. The molecule has 0 saturated heterocycles. The van der Waals surface area contributed by atoms with E-state index < -0.39 is 11.9 Å². The van der Waals surface area contributed by atoms with Crippen LogP contribution in [0.3, 0.4) is 0 Å². The van der Waals surface area contributed by atoms with Gasteiger partial charge in [0.15, 0.2) is 5.12 Å². The number of rotatable bonds is 5. The molecular formula is C12H12O5S. The van der Waals surface area contributed by atoms with E-state index in [1.807, 2.05) is 0 Å². The van der Waals surface area contributed by atoms with E-state index in [4.69, 9.17) is 10.2 Å². The largest absolute Gasteiger partial charge is 0.478 e. The van der Waals surface area contributed by atoms with Crippen molar-refractivity contribution < 1.29 is 24.6 Å². The van der Waals surface area contributed by atoms with Crippen molar-refractivity contribution in [2.75, 3.05) is 5.75 Å². The lowest BCUT2D eigenvalue weighted by Crippen LogP contribution is -2.07. The Kier molecular flexibility index (Phi) is 4.91. The summed E-state index contributed by atoms with van der Waals surface area (Å²) in [4.78, 5) is 32.5. The maximum Gasteiger partial charge on any atom is 0.335 e. The van der Waals surface area contributed by atoms with Crippen LogP contribution in [0, 0.1) is 0 Å². The first kappa shape index (κ1) is 14.2. The summed E-state index contributed by atoms with van der Waals surface area (Å²) < 4.78 is 0. The van der Waals surface area contributed by atoms with E-state index in [2.05, 4.69) is 0 Å². The van der Waals surface area contributed by atoms with E-state index in [0.29, 0.717) is 17.7 Å². The van der Waals surface area contributed by atoms with Gasteiger partial charge in [0, 0.05) is 12.7 Å². The Hall–Kier alpha value is -1.82. The van der Waals surface area contributed by atoms with Crippen LogP contribution in [-0.4, -0.2) is 33.0 Å². The van der Waals surface area contributed by atoms with Gasteiger partial charge < -0.3 is 10.2 Å². The number of carboxylic acids is 2. The van der Waals surface area contributed by atoms with Gasteiger partial charge in [-0.25, -0.2) is 9.59 Å². The fourth-order valence-corrected chi connectivity index (χ4v) is 2.04. The molecule has 0 fully saturated rings. The third-order valence-electron chi connectivity index (χ3n) is 2.26. The highest BCUT2D eigenvalue weighted by Crippen LogP contribution is 2.15. The van der Waals surface area contributed by atoms with Crippen LogP contribution in [-0.2, 0) is 11.2 Å². The van der Waals surface area contributed by atoms with Crippen LogP contribution in [0.2, 0.25) is 0 Å². The molecule has 0 atom stereocenters. The van der Waals surface area contributed by atoms with Gasteiger partial charge in [0.05, 0.1) is 11.1 Å². The first-order valence-corrected chi connectivity index (χ1v) is 6.13. The molecule has 5 nitrogen and oxygen atoms in total. The molecule has 1 aromatic rings. The molecule has 6 heteroatoms. The molecule has 0 radical (unpaired) electrons. The molecule has 0 spiro atoms. The summed E-state index contributed by atoms with van der Waals surface area (Å²) in [6.07, 6.45) is 0.409. The number of benzene rings is 1. The van der Waals surface area contributed by atoms with Crippen LogP contribution >= 0.6 is 11.8 Å². The van der Waals surface area contributed by atoms with Crippen molar-refractivity contribution in [3.63, 3.8) is 0 Å². The van der Waals surface area contributed by atoms with Gasteiger partial charge in [-0.15, -0.1) is 0 Å². The summed E-state index contributed by atoms with van der Waals surface area (Å²) in [5, 5.41) is 17.8. The van der Waals surface area contributed by atoms with Crippen LogP contribution in [0.5, 0.6) is 0 Å². The Balaban J connectivity index is 2.93. The number of carbonyl (C=O) groups excluding carboxylic acids is 1. The molecular weight excluding hydrogens is 256 g/mol. The zero-order valence-corrected chi connectivity index (χ0v) is 10.5. The second-order valence-corrected chi connectivity index (χ2v) is 4.84. The summed E-state index contributed by atoms with van der Waals surface area (Å²) in [5.41, 5.74) is 0.440. The second kappa shape index (κ2) is 6.20. The van der Waals surface area contributed by atoms with Crippen molar-refractivity contribution in [2.24, 2.45) is 0 Å². The molecule has 18 heavy (non-hydrogen) atoms. The number of carboxylic acid groups (broad SMARTS) is 2. The minimum atomic E-state index is -1.17. The van der Waals surface area contributed by atoms with Gasteiger partial charge in [-0.2, -0.15) is 0 Å². The molecule has 0 heterocycles. The van der Waals surface area contributed by atoms with Gasteiger partial charge in [-0.3, -0.25) is 4.79 Å². The smallest absolute Gasteiger partial charge is 0.335 e. The average Bonchev–Trinajstić information content (AvgIpc) is 2.28. The van der Waals surface area contributed by atoms with Crippen LogP contribution in [0.1, 0.15) is 33.2 Å². The fraction of sp³-hybridized carbons (Fsp3) is 0.250. The Morgan fingerprint density at radius 2 is 1.83 bits per heavy atom. The standard InChI is InChI=1S/C12H12O5S/c1-7(13)18-5-4-8-2-3-9(11(14)15)6-10(8)12(16)17/h2-3,6H,4-5H2,1H3,(H,14,15)(H,16,17). The minimum Gasteiger partial charge on any atom is -0.478 e. The van der Waals surface area contributed by atoms with Crippen molar-refractivity contribution in [1.29, 1.82) is 0 Å². The predicted octanol–water partition coefficient (Wildman–Crippen LogP) is 1.91. The zero-order valence-electron chi connectivity index (χ0n) is 9.67. The molecule has 0 unspecified atom stereocenters. The van der Waals surface area contributed by atoms with E-state index >= 15 is 0 Å². The SMILES string of the molecule is CC(=O)SCCc1ccc(C(=O)O)cc1C(=O)O. The van der Waals surface area contributed by atoms with Gasteiger partial charge in [0.25, 0.3) is 0 Å². The molecule has 0 bridgehead atoms. The Bertz CT molecular complexity index is 495. The summed E-state index contributed by atoms with van der Waals surface area (Å²) in [7, 11) is 0. The number of aromatic carboxylic acids is 2. The number of carbonyl (C=O) groups is 3. The normalized spacial score (nSPS) is 10.1. The maximum atomic E-state index is 11.0. The first-order chi connectivity index (χ1) is 8.41. The van der Waals surface area contributed by atoms with E-state index in [9.17, 15) is 14.4 Å². The number of hydrogen-bond donors (Lipinski definition) is 2. The van der Waals surface area contributed by atoms with E-state index in [1.165, 1.54) is 19.1 Å². The predicted molar refractivity (Wildman–Crippen MR) is 67.2 cm³/mol. The van der Waals surface area contributed by atoms with E-state index in [-0.39, 0.29) is 16.2 Å². The van der Waals surface area contributed by atoms with Gasteiger partial charge in [-0.1, -0.05) is 17.8 Å². The Morgan fingerprint density at radius 1 is 1.17 bits per heavy atom.